The van der Waals surface area contributed by atoms with Crippen LogP contribution in [0.4, 0.5) is 21.5 Å². The van der Waals surface area contributed by atoms with Crippen molar-refractivity contribution in [2.75, 3.05) is 5.32 Å². The topological polar surface area (TPSA) is 53.8 Å². The number of hydrogen-bond donors (Lipinski definition) is 1. The Labute approximate surface area is 118 Å². The molecular weight excluding hydrogens is 277 g/mol. The molecule has 2 aromatic carbocycles. The van der Waals surface area contributed by atoms with Gasteiger partial charge in [0.25, 0.3) is 5.91 Å². The number of halogens is 1. The fourth-order valence-electron chi connectivity index (χ4n) is 1.90. The lowest BCUT2D eigenvalue weighted by Crippen LogP contribution is -2.13. The van der Waals surface area contributed by atoms with Crippen molar-refractivity contribution >= 4 is 34.3 Å². The van der Waals surface area contributed by atoms with E-state index < -0.39 is 11.7 Å². The quantitative estimate of drug-likeness (QED) is 0.757. The van der Waals surface area contributed by atoms with Crippen molar-refractivity contribution in [3.05, 3.63) is 53.3 Å². The smallest absolute Gasteiger partial charge is 0.258 e. The summed E-state index contributed by atoms with van der Waals surface area (Å²) in [5.74, 6) is -1.03. The van der Waals surface area contributed by atoms with Crippen molar-refractivity contribution in [2.45, 2.75) is 6.92 Å². The number of hydrogen-bond acceptors (Lipinski definition) is 3. The molecule has 0 radical (unpaired) electrons. The van der Waals surface area contributed by atoms with E-state index in [1.54, 1.807) is 31.2 Å². The number of rotatable bonds is 2. The third-order valence-electron chi connectivity index (χ3n) is 2.90. The van der Waals surface area contributed by atoms with Crippen LogP contribution in [0.15, 0.2) is 45.1 Å². The first-order valence-corrected chi connectivity index (χ1v) is 6.67. The van der Waals surface area contributed by atoms with E-state index in [1.165, 1.54) is 12.1 Å². The molecule has 0 saturated carbocycles. The summed E-state index contributed by atoms with van der Waals surface area (Å²) in [6.07, 6.45) is 0. The molecule has 1 aliphatic heterocycles. The van der Waals surface area contributed by atoms with Crippen molar-refractivity contribution < 1.29 is 9.18 Å². The van der Waals surface area contributed by atoms with Gasteiger partial charge in [-0.25, -0.2) is 4.39 Å². The Morgan fingerprint density at radius 1 is 1.25 bits per heavy atom. The number of carbonyl (C=O) groups is 1. The van der Waals surface area contributed by atoms with Crippen LogP contribution >= 0.6 is 0 Å². The molecule has 3 rings (SSSR count). The van der Waals surface area contributed by atoms with Crippen LogP contribution in [0.3, 0.4) is 0 Å². The monoisotopic (exact) mass is 287 g/mol. The minimum Gasteiger partial charge on any atom is -0.320 e. The molecule has 6 heteroatoms. The first-order chi connectivity index (χ1) is 9.65. The standard InChI is InChI=1S/C14H10FN3OS/c1-8-5-6-9(10(15)7-8)14(19)16-11-3-2-4-12-13(11)18-20-17-12/h2-7H,1H3,(H,16,19). The van der Waals surface area contributed by atoms with Gasteiger partial charge in [0.05, 0.1) is 22.6 Å². The minimum atomic E-state index is -0.536. The molecule has 4 nitrogen and oxygen atoms in total. The summed E-state index contributed by atoms with van der Waals surface area (Å²) in [6.45, 7) is 1.77. The number of aryl methyl sites for hydroxylation is 1. The number of nitrogens with one attached hydrogen (secondary N) is 1. The lowest BCUT2D eigenvalue weighted by atomic mass is 10.1. The van der Waals surface area contributed by atoms with Crippen LogP contribution in [0.25, 0.3) is 0 Å². The van der Waals surface area contributed by atoms with Crippen molar-refractivity contribution in [3.8, 4) is 0 Å². The molecule has 2 aromatic rings. The van der Waals surface area contributed by atoms with E-state index in [1.807, 2.05) is 0 Å². The Balaban J connectivity index is 1.91. The van der Waals surface area contributed by atoms with Crippen molar-refractivity contribution in [1.29, 1.82) is 0 Å². The maximum atomic E-state index is 13.8. The van der Waals surface area contributed by atoms with E-state index in [-0.39, 0.29) is 5.56 Å². The summed E-state index contributed by atoms with van der Waals surface area (Å²) in [4.78, 5) is 12.1. The summed E-state index contributed by atoms with van der Waals surface area (Å²) >= 11 is 1.07. The average molecular weight is 287 g/mol. The molecule has 100 valence electrons. The van der Waals surface area contributed by atoms with Crippen molar-refractivity contribution in [2.24, 2.45) is 8.73 Å². The molecule has 0 aliphatic carbocycles. The molecular formula is C14H10FN3OS. The fourth-order valence-corrected chi connectivity index (χ4v) is 2.45. The molecule has 20 heavy (non-hydrogen) atoms. The van der Waals surface area contributed by atoms with Crippen molar-refractivity contribution in [1.82, 2.24) is 0 Å². The second-order valence-corrected chi connectivity index (χ2v) is 4.90. The molecule has 1 heterocycles. The summed E-state index contributed by atoms with van der Waals surface area (Å²) in [6, 6.07) is 9.79. The van der Waals surface area contributed by atoms with Crippen LogP contribution in [0.2, 0.25) is 0 Å². The maximum Gasteiger partial charge on any atom is 0.258 e. The van der Waals surface area contributed by atoms with E-state index in [9.17, 15) is 9.18 Å². The predicted molar refractivity (Wildman–Crippen MR) is 77.1 cm³/mol. The van der Waals surface area contributed by atoms with Gasteiger partial charge in [-0.05, 0) is 36.8 Å². The molecule has 1 aliphatic rings. The lowest BCUT2D eigenvalue weighted by molar-refractivity contribution is 0.102. The zero-order valence-electron chi connectivity index (χ0n) is 10.6. The highest BCUT2D eigenvalue weighted by molar-refractivity contribution is 7.58. The number of fused-ring (bicyclic) bond motifs is 1. The van der Waals surface area contributed by atoms with E-state index in [0.29, 0.717) is 17.1 Å². The van der Waals surface area contributed by atoms with Crippen LogP contribution < -0.4 is 5.32 Å². The van der Waals surface area contributed by atoms with Gasteiger partial charge >= 0.3 is 0 Å². The second-order valence-electron chi connectivity index (χ2n) is 4.37. The van der Waals surface area contributed by atoms with Gasteiger partial charge in [-0.3, -0.25) is 4.79 Å². The predicted octanol–water partition coefficient (Wildman–Crippen LogP) is 4.11. The first kappa shape index (κ1) is 12.7. The SMILES string of the molecule is Cc1ccc(C(=O)Nc2cccc3c2N=S=N3)c(F)c1. The molecule has 0 saturated heterocycles. The van der Waals surface area contributed by atoms with Crippen molar-refractivity contribution in [3.63, 3.8) is 0 Å². The normalized spacial score (nSPS) is 11.9. The Bertz CT molecular complexity index is 782. The van der Waals surface area contributed by atoms with Gasteiger partial charge in [-0.1, -0.05) is 12.1 Å². The summed E-state index contributed by atoms with van der Waals surface area (Å²) < 4.78 is 22.0. The van der Waals surface area contributed by atoms with Gasteiger partial charge in [0.2, 0.25) is 0 Å². The average Bonchev–Trinajstić information content (AvgIpc) is 2.87. The molecule has 0 fully saturated rings. The lowest BCUT2D eigenvalue weighted by Gasteiger charge is -2.08. The molecule has 0 atom stereocenters. The van der Waals surface area contributed by atoms with Gasteiger partial charge in [0.15, 0.2) is 0 Å². The largest absolute Gasteiger partial charge is 0.320 e. The van der Waals surface area contributed by atoms with E-state index >= 15 is 0 Å². The highest BCUT2D eigenvalue weighted by Gasteiger charge is 2.16. The second kappa shape index (κ2) is 4.97. The van der Waals surface area contributed by atoms with Gasteiger partial charge in [0.1, 0.15) is 17.2 Å². The van der Waals surface area contributed by atoms with Crippen LogP contribution in [-0.4, -0.2) is 5.91 Å². The fraction of sp³-hybridized carbons (Fsp3) is 0.0714. The van der Waals surface area contributed by atoms with Crippen LogP contribution in [0.5, 0.6) is 0 Å². The van der Waals surface area contributed by atoms with Crippen LogP contribution in [0.1, 0.15) is 15.9 Å². The molecule has 0 bridgehead atoms. The third-order valence-corrected chi connectivity index (χ3v) is 3.45. The Morgan fingerprint density at radius 3 is 2.90 bits per heavy atom. The van der Waals surface area contributed by atoms with Gasteiger partial charge in [-0.2, -0.15) is 8.73 Å². The van der Waals surface area contributed by atoms with E-state index in [2.05, 4.69) is 14.0 Å². The minimum absolute atomic E-state index is 0.00999. The highest BCUT2D eigenvalue weighted by Crippen LogP contribution is 2.38. The van der Waals surface area contributed by atoms with Gasteiger partial charge in [0, 0.05) is 0 Å². The Hall–Kier alpha value is -2.34. The Morgan fingerprint density at radius 2 is 2.10 bits per heavy atom. The van der Waals surface area contributed by atoms with Gasteiger partial charge < -0.3 is 5.32 Å². The molecule has 0 unspecified atom stereocenters. The summed E-state index contributed by atoms with van der Waals surface area (Å²) in [5.41, 5.74) is 2.62. The van der Waals surface area contributed by atoms with Crippen LogP contribution in [0, 0.1) is 12.7 Å². The number of amides is 1. The third kappa shape index (κ3) is 2.25. The molecule has 1 N–H and O–H groups in total. The molecule has 0 spiro atoms. The molecule has 1 amide bonds. The zero-order valence-corrected chi connectivity index (χ0v) is 11.4. The highest BCUT2D eigenvalue weighted by atomic mass is 32.1. The van der Waals surface area contributed by atoms with E-state index in [0.717, 1.165) is 16.9 Å². The number of carbonyl (C=O) groups excluding carboxylic acids is 1. The van der Waals surface area contributed by atoms with Gasteiger partial charge in [-0.15, -0.1) is 0 Å². The summed E-state index contributed by atoms with van der Waals surface area (Å²) in [5, 5.41) is 2.67. The van der Waals surface area contributed by atoms with E-state index in [4.69, 9.17) is 0 Å². The van der Waals surface area contributed by atoms with Crippen LogP contribution in [-0.2, 0) is 11.4 Å². The Kier molecular flexibility index (Phi) is 3.15. The first-order valence-electron chi connectivity index (χ1n) is 5.94. The molecule has 0 aromatic heterocycles. The number of nitrogens with zero attached hydrogens (tertiary/aromatic N) is 2. The number of benzene rings is 2. The summed E-state index contributed by atoms with van der Waals surface area (Å²) in [7, 11) is 0. The zero-order chi connectivity index (χ0) is 14.1. The number of anilines is 1. The maximum absolute atomic E-state index is 13.8.